The topological polar surface area (TPSA) is 116 Å². The number of nitrogens with two attached hydrogens (primary N) is 1. The summed E-state index contributed by atoms with van der Waals surface area (Å²) in [6, 6.07) is 10.7. The first kappa shape index (κ1) is 24.3. The zero-order chi connectivity index (χ0) is 23.3. The summed E-state index contributed by atoms with van der Waals surface area (Å²) < 4.78 is 27.6. The Morgan fingerprint density at radius 2 is 1.81 bits per heavy atom. The number of benzene rings is 2. The highest BCUT2D eigenvalue weighted by Gasteiger charge is 2.48. The van der Waals surface area contributed by atoms with E-state index in [9.17, 15) is 18.7 Å². The van der Waals surface area contributed by atoms with Crippen LogP contribution in [0.2, 0.25) is 6.32 Å². The Labute approximate surface area is 186 Å². The molecule has 1 aliphatic rings. The summed E-state index contributed by atoms with van der Waals surface area (Å²) in [6.45, 7) is 0.442. The fourth-order valence-corrected chi connectivity index (χ4v) is 4.23. The molecule has 2 aromatic carbocycles. The van der Waals surface area contributed by atoms with Gasteiger partial charge in [-0.2, -0.15) is 0 Å². The molecule has 32 heavy (non-hydrogen) atoms. The smallest absolute Gasteiger partial charge is 0.451 e. The first-order valence-electron chi connectivity index (χ1n) is 10.8. The van der Waals surface area contributed by atoms with E-state index in [0.717, 1.165) is 5.56 Å². The highest BCUT2D eigenvalue weighted by atomic mass is 19.1. The van der Waals surface area contributed by atoms with Crippen LogP contribution in [0, 0.1) is 17.6 Å². The molecule has 0 bridgehead atoms. The van der Waals surface area contributed by atoms with Crippen molar-refractivity contribution < 1.29 is 28.7 Å². The van der Waals surface area contributed by atoms with Crippen LogP contribution in [0.3, 0.4) is 0 Å². The summed E-state index contributed by atoms with van der Waals surface area (Å²) in [5.74, 6) is -1.97. The molecule has 3 rings (SSSR count). The normalized spacial score (nSPS) is 19.8. The third-order valence-electron chi connectivity index (χ3n) is 6.35. The number of aliphatic carboxylic acids is 1. The molecule has 0 heterocycles. The fourth-order valence-electron chi connectivity index (χ4n) is 4.23. The molecule has 0 unspecified atom stereocenters. The number of unbranched alkanes of at least 4 members (excludes halogenated alkanes) is 1. The molecule has 1 saturated carbocycles. The number of hydrogen-bond acceptors (Lipinski definition) is 5. The van der Waals surface area contributed by atoms with E-state index in [-0.39, 0.29) is 36.3 Å². The third-order valence-corrected chi connectivity index (χ3v) is 6.35. The maximum Gasteiger partial charge on any atom is 0.451 e. The monoisotopic (exact) mass is 446 g/mol. The van der Waals surface area contributed by atoms with Crippen LogP contribution < -0.4 is 11.1 Å². The van der Waals surface area contributed by atoms with Gasteiger partial charge in [-0.1, -0.05) is 37.1 Å². The lowest BCUT2D eigenvalue weighted by atomic mass is 9.66. The Morgan fingerprint density at radius 3 is 2.41 bits per heavy atom. The summed E-state index contributed by atoms with van der Waals surface area (Å²) in [4.78, 5) is 11.8. The molecule has 6 nitrogen and oxygen atoms in total. The summed E-state index contributed by atoms with van der Waals surface area (Å²) in [5, 5.41) is 30.8. The lowest BCUT2D eigenvalue weighted by Gasteiger charge is -2.45. The van der Waals surface area contributed by atoms with Gasteiger partial charge in [0.05, 0.1) is 0 Å². The van der Waals surface area contributed by atoms with E-state index in [1.165, 1.54) is 30.3 Å². The quantitative estimate of drug-likeness (QED) is 0.268. The van der Waals surface area contributed by atoms with E-state index >= 15 is 0 Å². The van der Waals surface area contributed by atoms with E-state index in [2.05, 4.69) is 5.32 Å². The van der Waals surface area contributed by atoms with E-state index in [1.54, 1.807) is 6.07 Å². The van der Waals surface area contributed by atoms with Crippen LogP contribution in [0.5, 0.6) is 0 Å². The van der Waals surface area contributed by atoms with Crippen molar-refractivity contribution in [2.75, 3.05) is 0 Å². The molecule has 0 radical (unpaired) electrons. The first-order chi connectivity index (χ1) is 15.2. The molecule has 172 valence electrons. The Balaban J connectivity index is 1.50. The minimum atomic E-state index is -1.39. The molecule has 0 aromatic heterocycles. The molecule has 1 aliphatic carbocycles. The lowest BCUT2D eigenvalue weighted by molar-refractivity contribution is -0.148. The molecule has 6 N–H and O–H groups in total. The number of rotatable bonds is 11. The average Bonchev–Trinajstić information content (AvgIpc) is 2.70. The Bertz CT molecular complexity index is 923. The van der Waals surface area contributed by atoms with Gasteiger partial charge in [0, 0.05) is 18.2 Å². The van der Waals surface area contributed by atoms with Gasteiger partial charge >= 0.3 is 13.1 Å². The SMILES string of the molecule is N[C@](CCCCB(O)O)(C(=O)O)C1CC(NCc2ccc(-c3ccc(F)cc3)c(F)c2)C1. The molecular formula is C23H29BF2N2O4. The standard InChI is InChI=1S/C23H29BF2N2O4/c25-18-6-4-16(5-7-18)20-8-3-15(11-21(20)26)14-28-19-12-17(13-19)23(27,22(29)30)9-1-2-10-24(31)32/h3-8,11,17,19,28,31-32H,1-2,9-10,12-14,27H2,(H,29,30)/t17?,19?,23-/m0/s1. The molecular weight excluding hydrogens is 417 g/mol. The van der Waals surface area contributed by atoms with Gasteiger partial charge in [-0.3, -0.25) is 4.79 Å². The Hall–Kier alpha value is -2.33. The predicted molar refractivity (Wildman–Crippen MR) is 119 cm³/mol. The van der Waals surface area contributed by atoms with Gasteiger partial charge in [0.1, 0.15) is 17.2 Å². The van der Waals surface area contributed by atoms with E-state index < -0.39 is 18.6 Å². The number of nitrogens with one attached hydrogen (secondary N) is 1. The summed E-state index contributed by atoms with van der Waals surface area (Å²) >= 11 is 0. The van der Waals surface area contributed by atoms with Crippen molar-refractivity contribution in [2.24, 2.45) is 11.7 Å². The number of carboxylic acid groups (broad SMARTS) is 1. The van der Waals surface area contributed by atoms with Crippen molar-refractivity contribution in [3.8, 4) is 11.1 Å². The maximum absolute atomic E-state index is 14.5. The summed E-state index contributed by atoms with van der Waals surface area (Å²) in [7, 11) is -1.39. The van der Waals surface area contributed by atoms with E-state index in [1.807, 2.05) is 6.07 Å². The van der Waals surface area contributed by atoms with Crippen molar-refractivity contribution >= 4 is 13.1 Å². The second kappa shape index (κ2) is 10.5. The fraction of sp³-hybridized carbons (Fsp3) is 0.435. The minimum Gasteiger partial charge on any atom is -0.480 e. The van der Waals surface area contributed by atoms with E-state index in [4.69, 9.17) is 15.8 Å². The third kappa shape index (κ3) is 5.92. The van der Waals surface area contributed by atoms with Crippen molar-refractivity contribution in [3.05, 3.63) is 59.7 Å². The van der Waals surface area contributed by atoms with Crippen LogP contribution in [0.25, 0.3) is 11.1 Å². The summed E-state index contributed by atoms with van der Waals surface area (Å²) in [6.07, 6.45) is 2.71. The van der Waals surface area contributed by atoms with Crippen LogP contribution in [0.1, 0.15) is 37.7 Å². The van der Waals surface area contributed by atoms with Gasteiger partial charge in [-0.05, 0) is 60.8 Å². The van der Waals surface area contributed by atoms with Crippen molar-refractivity contribution in [3.63, 3.8) is 0 Å². The predicted octanol–water partition coefficient (Wildman–Crippen LogP) is 2.93. The molecule has 1 atom stereocenters. The second-order valence-electron chi connectivity index (χ2n) is 8.64. The van der Waals surface area contributed by atoms with Gasteiger partial charge in [0.25, 0.3) is 0 Å². The zero-order valence-corrected chi connectivity index (χ0v) is 17.8. The van der Waals surface area contributed by atoms with Crippen LogP contribution in [0.4, 0.5) is 8.78 Å². The second-order valence-corrected chi connectivity index (χ2v) is 8.64. The lowest BCUT2D eigenvalue weighted by Crippen LogP contribution is -2.61. The number of carboxylic acids is 1. The van der Waals surface area contributed by atoms with E-state index in [0.29, 0.717) is 43.4 Å². The van der Waals surface area contributed by atoms with Crippen LogP contribution in [0.15, 0.2) is 42.5 Å². The Morgan fingerprint density at radius 1 is 1.12 bits per heavy atom. The highest BCUT2D eigenvalue weighted by molar-refractivity contribution is 6.40. The largest absolute Gasteiger partial charge is 0.480 e. The van der Waals surface area contributed by atoms with Crippen molar-refractivity contribution in [2.45, 2.75) is 56.5 Å². The minimum absolute atomic E-state index is 0.0985. The van der Waals surface area contributed by atoms with Gasteiger partial charge in [0.15, 0.2) is 0 Å². The van der Waals surface area contributed by atoms with Crippen LogP contribution in [-0.2, 0) is 11.3 Å². The number of carbonyl (C=O) groups is 1. The summed E-state index contributed by atoms with van der Waals surface area (Å²) in [5.41, 5.74) is 6.64. The molecule has 0 spiro atoms. The van der Waals surface area contributed by atoms with Gasteiger partial charge in [-0.15, -0.1) is 0 Å². The van der Waals surface area contributed by atoms with Gasteiger partial charge < -0.3 is 26.2 Å². The van der Waals surface area contributed by atoms with Crippen molar-refractivity contribution in [1.29, 1.82) is 0 Å². The highest BCUT2D eigenvalue weighted by Crippen LogP contribution is 2.38. The molecule has 0 saturated heterocycles. The number of halogens is 2. The molecule has 2 aromatic rings. The van der Waals surface area contributed by atoms with Gasteiger partial charge in [0.2, 0.25) is 0 Å². The molecule has 1 fully saturated rings. The van der Waals surface area contributed by atoms with Crippen LogP contribution in [-0.4, -0.2) is 39.8 Å². The maximum atomic E-state index is 14.5. The van der Waals surface area contributed by atoms with Gasteiger partial charge in [-0.25, -0.2) is 8.78 Å². The Kier molecular flexibility index (Phi) is 8.00. The first-order valence-corrected chi connectivity index (χ1v) is 10.8. The molecule has 0 aliphatic heterocycles. The van der Waals surface area contributed by atoms with Crippen molar-refractivity contribution in [1.82, 2.24) is 5.32 Å². The van der Waals surface area contributed by atoms with Crippen LogP contribution >= 0.6 is 0 Å². The average molecular weight is 446 g/mol. The number of hydrogen-bond donors (Lipinski definition) is 5. The molecule has 0 amide bonds. The molecule has 9 heteroatoms. The zero-order valence-electron chi connectivity index (χ0n) is 17.8.